The van der Waals surface area contributed by atoms with Crippen LogP contribution in [0.25, 0.3) is 0 Å². The highest BCUT2D eigenvalue weighted by atomic mass is 35.5. The van der Waals surface area contributed by atoms with Crippen LogP contribution in [0.5, 0.6) is 5.75 Å². The Bertz CT molecular complexity index is 796. The second kappa shape index (κ2) is 10.9. The van der Waals surface area contributed by atoms with Gasteiger partial charge in [-0.25, -0.2) is 0 Å². The molecule has 0 saturated heterocycles. The van der Waals surface area contributed by atoms with Crippen molar-refractivity contribution in [1.82, 2.24) is 10.2 Å². The van der Waals surface area contributed by atoms with E-state index in [1.54, 1.807) is 43.3 Å². The van der Waals surface area contributed by atoms with Gasteiger partial charge in [0.1, 0.15) is 11.8 Å². The maximum Gasteiger partial charge on any atom is 0.261 e. The van der Waals surface area contributed by atoms with E-state index in [-0.39, 0.29) is 25.0 Å². The van der Waals surface area contributed by atoms with Gasteiger partial charge in [-0.15, -0.1) is 0 Å². The molecule has 0 aliphatic rings. The summed E-state index contributed by atoms with van der Waals surface area (Å²) in [5.41, 5.74) is 0.871. The largest absolute Gasteiger partial charge is 0.484 e. The molecule has 0 aromatic heterocycles. The highest BCUT2D eigenvalue weighted by Gasteiger charge is 2.26. The van der Waals surface area contributed by atoms with Crippen molar-refractivity contribution in [3.8, 4) is 5.75 Å². The molecule has 0 aliphatic carbocycles. The molecule has 7 heteroatoms. The van der Waals surface area contributed by atoms with Gasteiger partial charge in [-0.2, -0.15) is 0 Å². The van der Waals surface area contributed by atoms with Gasteiger partial charge in [0.05, 0.1) is 0 Å². The first-order chi connectivity index (χ1) is 13.4. The van der Waals surface area contributed by atoms with Crippen LogP contribution in [0.2, 0.25) is 10.0 Å². The van der Waals surface area contributed by atoms with Crippen LogP contribution in [-0.4, -0.2) is 35.9 Å². The molecule has 0 unspecified atom stereocenters. The minimum Gasteiger partial charge on any atom is -0.484 e. The van der Waals surface area contributed by atoms with E-state index in [0.29, 0.717) is 22.3 Å². The van der Waals surface area contributed by atoms with Crippen LogP contribution >= 0.6 is 23.2 Å². The summed E-state index contributed by atoms with van der Waals surface area (Å²) in [4.78, 5) is 26.8. The zero-order valence-corrected chi connectivity index (χ0v) is 17.5. The molecule has 28 heavy (non-hydrogen) atoms. The molecule has 150 valence electrons. The predicted molar refractivity (Wildman–Crippen MR) is 112 cm³/mol. The Morgan fingerprint density at radius 2 is 1.82 bits per heavy atom. The van der Waals surface area contributed by atoms with Gasteiger partial charge in [0.15, 0.2) is 6.61 Å². The Balaban J connectivity index is 2.11. The number of ether oxygens (including phenoxy) is 1. The number of carbonyl (C=O) groups is 2. The highest BCUT2D eigenvalue weighted by molar-refractivity contribution is 6.30. The number of nitrogens with one attached hydrogen (secondary N) is 1. The SMILES string of the molecule is CCCNC(=O)[C@H](C)N(Cc1ccc(Cl)cc1)C(=O)COc1cccc(Cl)c1. The lowest BCUT2D eigenvalue weighted by Gasteiger charge is -2.28. The van der Waals surface area contributed by atoms with Gasteiger partial charge in [-0.3, -0.25) is 9.59 Å². The van der Waals surface area contributed by atoms with Gasteiger partial charge < -0.3 is 15.0 Å². The highest BCUT2D eigenvalue weighted by Crippen LogP contribution is 2.18. The molecule has 0 bridgehead atoms. The fourth-order valence-corrected chi connectivity index (χ4v) is 2.86. The summed E-state index contributed by atoms with van der Waals surface area (Å²) >= 11 is 11.9. The van der Waals surface area contributed by atoms with E-state index in [9.17, 15) is 9.59 Å². The predicted octanol–water partition coefficient (Wildman–Crippen LogP) is 4.32. The van der Waals surface area contributed by atoms with Crippen molar-refractivity contribution in [2.45, 2.75) is 32.9 Å². The summed E-state index contributed by atoms with van der Waals surface area (Å²) in [6.45, 7) is 4.32. The number of rotatable bonds is 9. The van der Waals surface area contributed by atoms with Crippen LogP contribution in [-0.2, 0) is 16.1 Å². The quantitative estimate of drug-likeness (QED) is 0.654. The van der Waals surface area contributed by atoms with E-state index in [1.165, 1.54) is 4.90 Å². The van der Waals surface area contributed by atoms with Gasteiger partial charge in [0, 0.05) is 23.1 Å². The fourth-order valence-electron chi connectivity index (χ4n) is 2.55. The van der Waals surface area contributed by atoms with Crippen LogP contribution in [0.4, 0.5) is 0 Å². The standard InChI is InChI=1S/C21H24Cl2N2O3/c1-3-11-24-21(27)15(2)25(13-16-7-9-17(22)10-8-16)20(26)14-28-19-6-4-5-18(23)12-19/h4-10,12,15H,3,11,13-14H2,1-2H3,(H,24,27)/t15-/m0/s1. The molecule has 5 nitrogen and oxygen atoms in total. The van der Waals surface area contributed by atoms with Gasteiger partial charge in [0.2, 0.25) is 5.91 Å². The van der Waals surface area contributed by atoms with Gasteiger partial charge in [-0.05, 0) is 49.2 Å². The van der Waals surface area contributed by atoms with E-state index in [4.69, 9.17) is 27.9 Å². The van der Waals surface area contributed by atoms with Crippen molar-refractivity contribution in [3.63, 3.8) is 0 Å². The van der Waals surface area contributed by atoms with E-state index in [2.05, 4.69) is 5.32 Å². The zero-order chi connectivity index (χ0) is 20.5. The third kappa shape index (κ3) is 6.73. The van der Waals surface area contributed by atoms with Crippen molar-refractivity contribution < 1.29 is 14.3 Å². The van der Waals surface area contributed by atoms with Crippen LogP contribution < -0.4 is 10.1 Å². The summed E-state index contributed by atoms with van der Waals surface area (Å²) in [6.07, 6.45) is 0.821. The van der Waals surface area contributed by atoms with E-state index < -0.39 is 6.04 Å². The van der Waals surface area contributed by atoms with Crippen LogP contribution in [0.15, 0.2) is 48.5 Å². The summed E-state index contributed by atoms with van der Waals surface area (Å²) < 4.78 is 5.57. The second-order valence-corrected chi connectivity index (χ2v) is 7.23. The number of halogens is 2. The Kier molecular flexibility index (Phi) is 8.61. The molecule has 0 fully saturated rings. The maximum absolute atomic E-state index is 12.9. The first kappa shape index (κ1) is 22.1. The Morgan fingerprint density at radius 3 is 2.46 bits per heavy atom. The maximum atomic E-state index is 12.9. The zero-order valence-electron chi connectivity index (χ0n) is 16.0. The molecule has 2 amide bonds. The minimum atomic E-state index is -0.641. The lowest BCUT2D eigenvalue weighted by atomic mass is 10.1. The Morgan fingerprint density at radius 1 is 1.11 bits per heavy atom. The minimum absolute atomic E-state index is 0.195. The lowest BCUT2D eigenvalue weighted by molar-refractivity contribution is -0.142. The van der Waals surface area contributed by atoms with Crippen molar-refractivity contribution >= 4 is 35.0 Å². The molecular formula is C21H24Cl2N2O3. The molecule has 0 saturated carbocycles. The number of carbonyl (C=O) groups excluding carboxylic acids is 2. The number of nitrogens with zero attached hydrogens (tertiary/aromatic N) is 1. The molecule has 1 atom stereocenters. The number of amides is 2. The van der Waals surface area contributed by atoms with E-state index in [0.717, 1.165) is 12.0 Å². The summed E-state index contributed by atoms with van der Waals surface area (Å²) in [5, 5.41) is 3.97. The third-order valence-corrected chi connectivity index (χ3v) is 4.63. The molecular weight excluding hydrogens is 399 g/mol. The molecule has 0 heterocycles. The third-order valence-electron chi connectivity index (χ3n) is 4.14. The summed E-state index contributed by atoms with van der Waals surface area (Å²) in [7, 11) is 0. The van der Waals surface area contributed by atoms with E-state index >= 15 is 0 Å². The first-order valence-electron chi connectivity index (χ1n) is 9.10. The Hall–Kier alpha value is -2.24. The van der Waals surface area contributed by atoms with Crippen LogP contribution in [0.1, 0.15) is 25.8 Å². The van der Waals surface area contributed by atoms with Crippen LogP contribution in [0, 0.1) is 0 Å². The van der Waals surface area contributed by atoms with Crippen molar-refractivity contribution in [2.24, 2.45) is 0 Å². The topological polar surface area (TPSA) is 58.6 Å². The number of benzene rings is 2. The molecule has 0 spiro atoms. The molecule has 1 N–H and O–H groups in total. The molecule has 2 rings (SSSR count). The van der Waals surface area contributed by atoms with E-state index in [1.807, 2.05) is 19.1 Å². The summed E-state index contributed by atoms with van der Waals surface area (Å²) in [5.74, 6) is -0.00336. The Labute approximate surface area is 175 Å². The monoisotopic (exact) mass is 422 g/mol. The fraction of sp³-hybridized carbons (Fsp3) is 0.333. The van der Waals surface area contributed by atoms with Gasteiger partial charge in [0.25, 0.3) is 5.91 Å². The van der Waals surface area contributed by atoms with Crippen molar-refractivity contribution in [2.75, 3.05) is 13.2 Å². The van der Waals surface area contributed by atoms with Gasteiger partial charge >= 0.3 is 0 Å². The smallest absolute Gasteiger partial charge is 0.261 e. The molecule has 0 radical (unpaired) electrons. The first-order valence-corrected chi connectivity index (χ1v) is 9.86. The average Bonchev–Trinajstić information content (AvgIpc) is 2.69. The lowest BCUT2D eigenvalue weighted by Crippen LogP contribution is -2.49. The number of hydrogen-bond donors (Lipinski definition) is 1. The van der Waals surface area contributed by atoms with Gasteiger partial charge in [-0.1, -0.05) is 48.3 Å². The molecule has 2 aromatic rings. The van der Waals surface area contributed by atoms with Crippen molar-refractivity contribution in [3.05, 3.63) is 64.1 Å². The molecule has 2 aromatic carbocycles. The second-order valence-electron chi connectivity index (χ2n) is 6.36. The van der Waals surface area contributed by atoms with Crippen LogP contribution in [0.3, 0.4) is 0 Å². The summed E-state index contributed by atoms with van der Waals surface area (Å²) in [6, 6.07) is 13.4. The number of hydrogen-bond acceptors (Lipinski definition) is 3. The molecule has 0 aliphatic heterocycles. The van der Waals surface area contributed by atoms with Crippen molar-refractivity contribution in [1.29, 1.82) is 0 Å². The average molecular weight is 423 g/mol. The normalized spacial score (nSPS) is 11.6.